The van der Waals surface area contributed by atoms with Crippen molar-refractivity contribution in [1.29, 1.82) is 0 Å². The SMILES string of the molecule is CC(C)(C)OC(=O)NC1CCC(Nc2ccncc2N)CC1.CC(C)(C)OC(=O)NC1CCC(Nc2ccncc2[N+](=O)[O-])CC1. The van der Waals surface area contributed by atoms with Crippen LogP contribution in [-0.2, 0) is 9.47 Å². The minimum Gasteiger partial charge on any atom is -0.444 e. The maximum atomic E-state index is 11.8. The van der Waals surface area contributed by atoms with Crippen molar-refractivity contribution in [2.24, 2.45) is 0 Å². The molecule has 14 nitrogen and oxygen atoms in total. The van der Waals surface area contributed by atoms with Crippen LogP contribution in [0.2, 0.25) is 0 Å². The van der Waals surface area contributed by atoms with E-state index in [1.54, 1.807) is 18.5 Å². The molecular weight excluding hydrogens is 592 g/mol. The molecule has 2 saturated carbocycles. The average molecular weight is 643 g/mol. The summed E-state index contributed by atoms with van der Waals surface area (Å²) < 4.78 is 10.5. The van der Waals surface area contributed by atoms with Crippen molar-refractivity contribution in [3.63, 3.8) is 0 Å². The predicted molar refractivity (Wildman–Crippen MR) is 178 cm³/mol. The van der Waals surface area contributed by atoms with E-state index in [0.29, 0.717) is 17.4 Å². The first-order valence-corrected chi connectivity index (χ1v) is 15.9. The Balaban J connectivity index is 0.000000251. The van der Waals surface area contributed by atoms with Crippen molar-refractivity contribution in [1.82, 2.24) is 20.6 Å². The zero-order valence-corrected chi connectivity index (χ0v) is 27.8. The number of ether oxygens (including phenoxy) is 2. The molecule has 0 aromatic carbocycles. The Labute approximate surface area is 271 Å². The van der Waals surface area contributed by atoms with Gasteiger partial charge in [-0.1, -0.05) is 0 Å². The van der Waals surface area contributed by atoms with Crippen LogP contribution >= 0.6 is 0 Å². The van der Waals surface area contributed by atoms with Gasteiger partial charge in [0, 0.05) is 36.6 Å². The van der Waals surface area contributed by atoms with Gasteiger partial charge in [-0.05, 0) is 105 Å². The molecule has 2 amide bonds. The van der Waals surface area contributed by atoms with Gasteiger partial charge < -0.3 is 36.5 Å². The van der Waals surface area contributed by atoms with Gasteiger partial charge in [-0.2, -0.15) is 0 Å². The van der Waals surface area contributed by atoms with E-state index in [0.717, 1.165) is 57.1 Å². The quantitative estimate of drug-likeness (QED) is 0.172. The number of nitrogen functional groups attached to an aromatic ring is 1. The molecule has 0 bridgehead atoms. The zero-order chi connectivity index (χ0) is 33.9. The number of alkyl carbamates (subject to hydrolysis) is 2. The lowest BCUT2D eigenvalue weighted by Crippen LogP contribution is -2.42. The van der Waals surface area contributed by atoms with Gasteiger partial charge in [0.25, 0.3) is 0 Å². The Kier molecular flexibility index (Phi) is 12.8. The van der Waals surface area contributed by atoms with E-state index in [1.165, 1.54) is 12.4 Å². The fourth-order valence-electron chi connectivity index (χ4n) is 5.34. The first-order valence-electron chi connectivity index (χ1n) is 15.9. The second-order valence-electron chi connectivity index (χ2n) is 13.8. The molecule has 0 atom stereocenters. The van der Waals surface area contributed by atoms with E-state index in [2.05, 4.69) is 31.2 Å². The number of rotatable bonds is 7. The van der Waals surface area contributed by atoms with Crippen molar-refractivity contribution in [3.8, 4) is 0 Å². The van der Waals surface area contributed by atoms with Crippen LogP contribution in [-0.4, -0.2) is 62.4 Å². The van der Waals surface area contributed by atoms with Crippen molar-refractivity contribution in [2.45, 2.75) is 128 Å². The number of hydrogen-bond donors (Lipinski definition) is 5. The third-order valence-corrected chi connectivity index (χ3v) is 7.46. The Hall–Kier alpha value is -4.36. The van der Waals surface area contributed by atoms with Gasteiger partial charge in [0.05, 0.1) is 22.5 Å². The summed E-state index contributed by atoms with van der Waals surface area (Å²) in [7, 11) is 0. The molecule has 0 spiro atoms. The molecule has 254 valence electrons. The van der Waals surface area contributed by atoms with Gasteiger partial charge in [-0.25, -0.2) is 9.59 Å². The molecule has 2 aliphatic carbocycles. The first-order chi connectivity index (χ1) is 21.6. The molecule has 14 heteroatoms. The minimum atomic E-state index is -0.511. The van der Waals surface area contributed by atoms with Crippen LogP contribution in [0, 0.1) is 10.1 Å². The topological polar surface area (TPSA) is 196 Å². The first kappa shape index (κ1) is 36.1. The van der Waals surface area contributed by atoms with Crippen molar-refractivity contribution in [2.75, 3.05) is 16.4 Å². The molecule has 2 heterocycles. The van der Waals surface area contributed by atoms with Crippen LogP contribution in [0.25, 0.3) is 0 Å². The van der Waals surface area contributed by atoms with Crippen molar-refractivity contribution in [3.05, 3.63) is 47.0 Å². The van der Waals surface area contributed by atoms with Crippen molar-refractivity contribution >= 4 is 34.9 Å². The number of nitro groups is 1. The number of nitrogens with one attached hydrogen (secondary N) is 4. The zero-order valence-electron chi connectivity index (χ0n) is 27.8. The number of carbonyl (C=O) groups is 2. The Morgan fingerprint density at radius 3 is 1.54 bits per heavy atom. The summed E-state index contributed by atoms with van der Waals surface area (Å²) >= 11 is 0. The standard InChI is InChI=1S/C16H24N4O4.C16H26N4O2/c1-16(2,3)24-15(21)19-12-6-4-11(5-7-12)18-13-8-9-17-10-14(13)20(22)23;1-16(2,3)22-15(21)20-12-6-4-11(5-7-12)19-14-8-9-18-10-13(14)17/h8-12H,4-7H2,1-3H3,(H,17,18)(H,19,21);8-12H,4-7,17H2,1-3H3,(H,18,19)(H,20,21). The van der Waals surface area contributed by atoms with Gasteiger partial charge in [0.1, 0.15) is 23.1 Å². The number of carbonyl (C=O) groups excluding carboxylic acids is 2. The average Bonchev–Trinajstić information content (AvgIpc) is 2.95. The number of hydrogen-bond acceptors (Lipinski definition) is 11. The summed E-state index contributed by atoms with van der Waals surface area (Å²) in [5.74, 6) is 0. The minimum absolute atomic E-state index is 0.0218. The number of pyridine rings is 2. The Morgan fingerprint density at radius 2 is 1.13 bits per heavy atom. The lowest BCUT2D eigenvalue weighted by Gasteiger charge is -2.31. The monoisotopic (exact) mass is 642 g/mol. The van der Waals surface area contributed by atoms with Crippen LogP contribution in [0.1, 0.15) is 92.9 Å². The normalized spacial score (nSPS) is 21.4. The smallest absolute Gasteiger partial charge is 0.407 e. The summed E-state index contributed by atoms with van der Waals surface area (Å²) in [6.07, 6.45) is 12.5. The predicted octanol–water partition coefficient (Wildman–Crippen LogP) is 6.15. The molecule has 0 radical (unpaired) electrons. The van der Waals surface area contributed by atoms with Crippen LogP contribution in [0.5, 0.6) is 0 Å². The van der Waals surface area contributed by atoms with Crippen LogP contribution in [0.4, 0.5) is 32.3 Å². The number of aromatic nitrogens is 2. The van der Waals surface area contributed by atoms with E-state index in [-0.39, 0.29) is 29.9 Å². The summed E-state index contributed by atoms with van der Waals surface area (Å²) in [5, 5.41) is 23.5. The largest absolute Gasteiger partial charge is 0.444 e. The molecule has 4 rings (SSSR count). The van der Waals surface area contributed by atoms with E-state index >= 15 is 0 Å². The molecule has 0 saturated heterocycles. The van der Waals surface area contributed by atoms with Crippen LogP contribution in [0.3, 0.4) is 0 Å². The molecule has 0 unspecified atom stereocenters. The molecular formula is C32H50N8O6. The van der Waals surface area contributed by atoms with E-state index in [9.17, 15) is 19.7 Å². The van der Waals surface area contributed by atoms with Gasteiger partial charge in [-0.15, -0.1) is 0 Å². The van der Waals surface area contributed by atoms with Gasteiger partial charge in [-0.3, -0.25) is 20.1 Å². The number of nitrogens with two attached hydrogens (primary N) is 1. The number of anilines is 3. The third kappa shape index (κ3) is 12.9. The third-order valence-electron chi connectivity index (χ3n) is 7.46. The molecule has 2 fully saturated rings. The van der Waals surface area contributed by atoms with Gasteiger partial charge >= 0.3 is 17.9 Å². The van der Waals surface area contributed by atoms with E-state index in [4.69, 9.17) is 15.2 Å². The highest BCUT2D eigenvalue weighted by Crippen LogP contribution is 2.28. The fourth-order valence-corrected chi connectivity index (χ4v) is 5.34. The highest BCUT2D eigenvalue weighted by atomic mass is 16.6. The summed E-state index contributed by atoms with van der Waals surface area (Å²) in [6.45, 7) is 11.1. The summed E-state index contributed by atoms with van der Waals surface area (Å²) in [5.41, 5.74) is 6.98. The molecule has 2 aromatic heterocycles. The maximum Gasteiger partial charge on any atom is 0.407 e. The van der Waals surface area contributed by atoms with Crippen LogP contribution in [0.15, 0.2) is 36.9 Å². The Bertz CT molecular complexity index is 1300. The number of nitrogens with zero attached hydrogens (tertiary/aromatic N) is 3. The fraction of sp³-hybridized carbons (Fsp3) is 0.625. The molecule has 46 heavy (non-hydrogen) atoms. The second kappa shape index (κ2) is 16.3. The van der Waals surface area contributed by atoms with Gasteiger partial charge in [0.2, 0.25) is 0 Å². The Morgan fingerprint density at radius 1 is 0.739 bits per heavy atom. The second-order valence-corrected chi connectivity index (χ2v) is 13.8. The summed E-state index contributed by atoms with van der Waals surface area (Å²) in [4.78, 5) is 41.9. The number of amides is 2. The van der Waals surface area contributed by atoms with Gasteiger partial charge in [0.15, 0.2) is 0 Å². The lowest BCUT2D eigenvalue weighted by molar-refractivity contribution is -0.384. The molecule has 0 aliphatic heterocycles. The van der Waals surface area contributed by atoms with Crippen LogP contribution < -0.4 is 27.0 Å². The highest BCUT2D eigenvalue weighted by Gasteiger charge is 2.27. The molecule has 2 aliphatic rings. The lowest BCUT2D eigenvalue weighted by atomic mass is 9.91. The van der Waals surface area contributed by atoms with Crippen molar-refractivity contribution < 1.29 is 24.0 Å². The van der Waals surface area contributed by atoms with E-state index < -0.39 is 22.2 Å². The summed E-state index contributed by atoms with van der Waals surface area (Å²) in [6, 6.07) is 4.28. The maximum absolute atomic E-state index is 11.8. The molecule has 6 N–H and O–H groups in total. The molecule has 2 aromatic rings. The highest BCUT2D eigenvalue weighted by molar-refractivity contribution is 5.68. The van der Waals surface area contributed by atoms with E-state index in [1.807, 2.05) is 47.6 Å².